The number of hydrogen-bond donors (Lipinski definition) is 1. The largest absolute Gasteiger partial charge is 0.478 e. The summed E-state index contributed by atoms with van der Waals surface area (Å²) in [6.07, 6.45) is 4.81. The van der Waals surface area contributed by atoms with E-state index in [9.17, 15) is 4.79 Å². The molecule has 0 heterocycles. The summed E-state index contributed by atoms with van der Waals surface area (Å²) in [5.74, 6) is -0.906. The Labute approximate surface area is 66.6 Å². The SMILES string of the molecule is C/C=C\C(=C/N(C)C)C(=O)O. The zero-order valence-electron chi connectivity index (χ0n) is 7.03. The molecule has 11 heavy (non-hydrogen) atoms. The number of rotatable bonds is 3. The monoisotopic (exact) mass is 155 g/mol. The first-order valence-corrected chi connectivity index (χ1v) is 3.32. The van der Waals surface area contributed by atoms with Crippen LogP contribution >= 0.6 is 0 Å². The lowest BCUT2D eigenvalue weighted by molar-refractivity contribution is -0.132. The van der Waals surface area contributed by atoms with Crippen molar-refractivity contribution in [1.29, 1.82) is 0 Å². The van der Waals surface area contributed by atoms with Gasteiger partial charge >= 0.3 is 5.97 Å². The van der Waals surface area contributed by atoms with Crippen LogP contribution in [-0.2, 0) is 4.79 Å². The molecule has 0 aromatic heterocycles. The fourth-order valence-corrected chi connectivity index (χ4v) is 0.627. The van der Waals surface area contributed by atoms with Gasteiger partial charge in [-0.05, 0) is 6.92 Å². The van der Waals surface area contributed by atoms with Gasteiger partial charge in [0.1, 0.15) is 0 Å². The van der Waals surface area contributed by atoms with Crippen LogP contribution in [0, 0.1) is 0 Å². The molecule has 0 radical (unpaired) electrons. The van der Waals surface area contributed by atoms with E-state index in [1.54, 1.807) is 44.3 Å². The molecule has 0 unspecified atom stereocenters. The molecule has 0 aliphatic heterocycles. The Balaban J connectivity index is 4.46. The molecule has 0 aromatic carbocycles. The van der Waals surface area contributed by atoms with Gasteiger partial charge in [0.2, 0.25) is 0 Å². The Morgan fingerprint density at radius 1 is 1.45 bits per heavy atom. The summed E-state index contributed by atoms with van der Waals surface area (Å²) < 4.78 is 0. The second kappa shape index (κ2) is 4.55. The maximum Gasteiger partial charge on any atom is 0.337 e. The highest BCUT2D eigenvalue weighted by Crippen LogP contribution is 1.97. The molecule has 0 amide bonds. The third-order valence-corrected chi connectivity index (χ3v) is 0.990. The van der Waals surface area contributed by atoms with Crippen LogP contribution in [0.2, 0.25) is 0 Å². The number of nitrogens with zero attached hydrogens (tertiary/aromatic N) is 1. The van der Waals surface area contributed by atoms with E-state index in [1.807, 2.05) is 0 Å². The highest BCUT2D eigenvalue weighted by Gasteiger charge is 2.01. The Morgan fingerprint density at radius 2 is 2.00 bits per heavy atom. The van der Waals surface area contributed by atoms with Crippen molar-refractivity contribution >= 4 is 5.97 Å². The van der Waals surface area contributed by atoms with Gasteiger partial charge < -0.3 is 10.0 Å². The molecule has 62 valence electrons. The summed E-state index contributed by atoms with van der Waals surface area (Å²) in [5.41, 5.74) is 0.289. The van der Waals surface area contributed by atoms with Crippen molar-refractivity contribution in [3.05, 3.63) is 23.9 Å². The zero-order chi connectivity index (χ0) is 8.85. The topological polar surface area (TPSA) is 40.5 Å². The fourth-order valence-electron chi connectivity index (χ4n) is 0.627. The first kappa shape index (κ1) is 9.75. The minimum atomic E-state index is -0.906. The van der Waals surface area contributed by atoms with Gasteiger partial charge in [-0.1, -0.05) is 12.2 Å². The van der Waals surface area contributed by atoms with E-state index in [0.717, 1.165) is 0 Å². The maximum atomic E-state index is 10.5. The molecule has 0 rings (SSSR count). The smallest absolute Gasteiger partial charge is 0.337 e. The van der Waals surface area contributed by atoms with E-state index >= 15 is 0 Å². The number of carboxylic acid groups (broad SMARTS) is 1. The van der Waals surface area contributed by atoms with E-state index in [0.29, 0.717) is 0 Å². The highest BCUT2D eigenvalue weighted by molar-refractivity contribution is 5.89. The average molecular weight is 155 g/mol. The highest BCUT2D eigenvalue weighted by atomic mass is 16.4. The van der Waals surface area contributed by atoms with Crippen LogP contribution in [0.1, 0.15) is 6.92 Å². The van der Waals surface area contributed by atoms with Gasteiger partial charge in [0, 0.05) is 20.3 Å². The lowest BCUT2D eigenvalue weighted by Crippen LogP contribution is -2.07. The lowest BCUT2D eigenvalue weighted by Gasteiger charge is -2.04. The molecule has 0 aromatic rings. The normalized spacial score (nSPS) is 12.1. The standard InChI is InChI=1S/C8H13NO2/c1-4-5-7(8(10)11)6-9(2)3/h4-6H,1-3H3,(H,10,11)/b5-4-,7-6+. The van der Waals surface area contributed by atoms with Gasteiger partial charge in [0.25, 0.3) is 0 Å². The van der Waals surface area contributed by atoms with Gasteiger partial charge in [-0.2, -0.15) is 0 Å². The second-order valence-corrected chi connectivity index (χ2v) is 2.35. The summed E-state index contributed by atoms with van der Waals surface area (Å²) in [6.45, 7) is 1.78. The fraction of sp³-hybridized carbons (Fsp3) is 0.375. The van der Waals surface area contributed by atoms with Crippen molar-refractivity contribution in [2.45, 2.75) is 6.92 Å². The van der Waals surface area contributed by atoms with Gasteiger partial charge in [0.05, 0.1) is 5.57 Å². The van der Waals surface area contributed by atoms with Crippen molar-refractivity contribution in [1.82, 2.24) is 4.90 Å². The molecule has 0 fully saturated rings. The Hall–Kier alpha value is -1.25. The van der Waals surface area contributed by atoms with Crippen LogP contribution < -0.4 is 0 Å². The molecule has 0 atom stereocenters. The van der Waals surface area contributed by atoms with Crippen LogP contribution in [0.25, 0.3) is 0 Å². The van der Waals surface area contributed by atoms with Crippen LogP contribution in [0.3, 0.4) is 0 Å². The average Bonchev–Trinajstić information content (AvgIpc) is 1.86. The van der Waals surface area contributed by atoms with Crippen molar-refractivity contribution < 1.29 is 9.90 Å². The minimum Gasteiger partial charge on any atom is -0.478 e. The molecule has 3 nitrogen and oxygen atoms in total. The Bertz CT molecular complexity index is 192. The number of carbonyl (C=O) groups is 1. The summed E-state index contributed by atoms with van der Waals surface area (Å²) in [7, 11) is 3.57. The first-order valence-electron chi connectivity index (χ1n) is 3.32. The summed E-state index contributed by atoms with van der Waals surface area (Å²) in [6, 6.07) is 0. The van der Waals surface area contributed by atoms with Gasteiger partial charge in [0.15, 0.2) is 0 Å². The van der Waals surface area contributed by atoms with Crippen molar-refractivity contribution in [2.24, 2.45) is 0 Å². The second-order valence-electron chi connectivity index (χ2n) is 2.35. The van der Waals surface area contributed by atoms with Gasteiger partial charge in [-0.15, -0.1) is 0 Å². The molecule has 0 bridgehead atoms. The third-order valence-electron chi connectivity index (χ3n) is 0.990. The number of allylic oxidation sites excluding steroid dienone is 1. The molecule has 0 aliphatic carbocycles. The molecular formula is C8H13NO2. The molecule has 3 heteroatoms. The Kier molecular flexibility index (Phi) is 4.03. The van der Waals surface area contributed by atoms with Gasteiger partial charge in [-0.25, -0.2) is 4.79 Å². The molecule has 1 N–H and O–H groups in total. The van der Waals surface area contributed by atoms with E-state index in [2.05, 4.69) is 0 Å². The van der Waals surface area contributed by atoms with E-state index < -0.39 is 5.97 Å². The van der Waals surface area contributed by atoms with Crippen LogP contribution in [0.4, 0.5) is 0 Å². The molecule has 0 spiro atoms. The lowest BCUT2D eigenvalue weighted by atomic mass is 10.2. The summed E-state index contributed by atoms with van der Waals surface area (Å²) >= 11 is 0. The van der Waals surface area contributed by atoms with Crippen LogP contribution in [0.15, 0.2) is 23.9 Å². The van der Waals surface area contributed by atoms with Crippen LogP contribution in [-0.4, -0.2) is 30.1 Å². The molecular weight excluding hydrogens is 142 g/mol. The quantitative estimate of drug-likeness (QED) is 0.490. The minimum absolute atomic E-state index is 0.289. The van der Waals surface area contributed by atoms with E-state index in [-0.39, 0.29) is 5.57 Å². The predicted octanol–water partition coefficient (Wildman–Crippen LogP) is 1.09. The Morgan fingerprint density at radius 3 is 2.27 bits per heavy atom. The van der Waals surface area contributed by atoms with Gasteiger partial charge in [-0.3, -0.25) is 0 Å². The number of carboxylic acids is 1. The van der Waals surface area contributed by atoms with Crippen molar-refractivity contribution in [3.8, 4) is 0 Å². The van der Waals surface area contributed by atoms with Crippen molar-refractivity contribution in [2.75, 3.05) is 14.1 Å². The van der Waals surface area contributed by atoms with E-state index in [1.165, 1.54) is 0 Å². The van der Waals surface area contributed by atoms with Crippen LogP contribution in [0.5, 0.6) is 0 Å². The first-order chi connectivity index (χ1) is 5.07. The van der Waals surface area contributed by atoms with Crippen molar-refractivity contribution in [3.63, 3.8) is 0 Å². The molecule has 0 aliphatic rings. The molecule has 0 saturated heterocycles. The third kappa shape index (κ3) is 4.19. The summed E-state index contributed by atoms with van der Waals surface area (Å²) in [5, 5.41) is 8.61. The maximum absolute atomic E-state index is 10.5. The number of aliphatic carboxylic acids is 1. The predicted molar refractivity (Wildman–Crippen MR) is 44.2 cm³/mol. The number of hydrogen-bond acceptors (Lipinski definition) is 2. The summed E-state index contributed by atoms with van der Waals surface area (Å²) in [4.78, 5) is 12.2. The van der Waals surface area contributed by atoms with E-state index in [4.69, 9.17) is 5.11 Å². The zero-order valence-corrected chi connectivity index (χ0v) is 7.03. The molecule has 0 saturated carbocycles.